The molecular weight excluding hydrogens is 226 g/mol. The van der Waals surface area contributed by atoms with E-state index in [0.29, 0.717) is 13.1 Å². The molecule has 0 atom stereocenters. The van der Waals surface area contributed by atoms with E-state index in [1.54, 1.807) is 4.90 Å². The number of ether oxygens (including phenoxy) is 1. The van der Waals surface area contributed by atoms with Crippen LogP contribution in [0.4, 0.5) is 0 Å². The predicted octanol–water partition coefficient (Wildman–Crippen LogP) is -2.20. The van der Waals surface area contributed by atoms with Crippen molar-refractivity contribution in [2.24, 2.45) is 0 Å². The zero-order valence-electron chi connectivity index (χ0n) is 9.48. The second-order valence-corrected chi connectivity index (χ2v) is 4.00. The van der Waals surface area contributed by atoms with Crippen molar-refractivity contribution in [2.45, 2.75) is 0 Å². The summed E-state index contributed by atoms with van der Waals surface area (Å²) in [5, 5.41) is 3.13. The van der Waals surface area contributed by atoms with Gasteiger partial charge in [-0.05, 0) is 0 Å². The van der Waals surface area contributed by atoms with Crippen LogP contribution in [0.2, 0.25) is 0 Å². The Labute approximate surface area is 98.7 Å². The maximum absolute atomic E-state index is 11.9. The van der Waals surface area contributed by atoms with Crippen LogP contribution in [0.25, 0.3) is 0 Å². The lowest BCUT2D eigenvalue weighted by molar-refractivity contribution is -0.161. The van der Waals surface area contributed by atoms with Crippen LogP contribution < -0.4 is 5.32 Å². The molecule has 2 rings (SSSR count). The summed E-state index contributed by atoms with van der Waals surface area (Å²) < 4.78 is 4.78. The van der Waals surface area contributed by atoms with Crippen molar-refractivity contribution >= 4 is 17.7 Å². The van der Waals surface area contributed by atoms with E-state index in [2.05, 4.69) is 5.32 Å². The lowest BCUT2D eigenvalue weighted by Crippen LogP contribution is -2.54. The van der Waals surface area contributed by atoms with Gasteiger partial charge in [0, 0.05) is 26.2 Å². The molecule has 3 amide bonds. The Morgan fingerprint density at radius 2 is 1.76 bits per heavy atom. The Kier molecular flexibility index (Phi) is 3.70. The Morgan fingerprint density at radius 3 is 2.35 bits per heavy atom. The maximum Gasteiger partial charge on any atom is 0.255 e. The summed E-state index contributed by atoms with van der Waals surface area (Å²) in [5.74, 6) is -1.07. The summed E-state index contributed by atoms with van der Waals surface area (Å²) >= 11 is 0. The van der Waals surface area contributed by atoms with E-state index >= 15 is 0 Å². The molecule has 0 aliphatic carbocycles. The van der Waals surface area contributed by atoms with Crippen molar-refractivity contribution in [1.82, 2.24) is 15.1 Å². The summed E-state index contributed by atoms with van der Waals surface area (Å²) in [6.07, 6.45) is 0. The first kappa shape index (κ1) is 12.0. The molecule has 2 saturated heterocycles. The summed E-state index contributed by atoms with van der Waals surface area (Å²) in [6.45, 7) is 2.31. The SMILES string of the molecule is O=C(CN1C(=O)COCC1=O)N1CCNCC1. The molecular formula is C10H15N3O4. The molecule has 2 heterocycles. The molecule has 0 saturated carbocycles. The highest BCUT2D eigenvalue weighted by molar-refractivity contribution is 6.01. The van der Waals surface area contributed by atoms with E-state index in [0.717, 1.165) is 18.0 Å². The molecule has 2 fully saturated rings. The van der Waals surface area contributed by atoms with Gasteiger partial charge in [-0.25, -0.2) is 0 Å². The molecule has 7 heteroatoms. The largest absolute Gasteiger partial charge is 0.362 e. The molecule has 2 aliphatic rings. The highest BCUT2D eigenvalue weighted by Gasteiger charge is 2.30. The number of amides is 3. The van der Waals surface area contributed by atoms with Gasteiger partial charge in [-0.2, -0.15) is 0 Å². The van der Waals surface area contributed by atoms with Gasteiger partial charge in [0.1, 0.15) is 19.8 Å². The third kappa shape index (κ3) is 2.80. The van der Waals surface area contributed by atoms with Crippen molar-refractivity contribution in [3.05, 3.63) is 0 Å². The minimum atomic E-state index is -0.440. The van der Waals surface area contributed by atoms with Gasteiger partial charge in [0.25, 0.3) is 11.8 Å². The highest BCUT2D eigenvalue weighted by Crippen LogP contribution is 2.03. The summed E-state index contributed by atoms with van der Waals surface area (Å²) in [7, 11) is 0. The van der Waals surface area contributed by atoms with Gasteiger partial charge >= 0.3 is 0 Å². The fourth-order valence-corrected chi connectivity index (χ4v) is 1.85. The Hall–Kier alpha value is -1.47. The van der Waals surface area contributed by atoms with Crippen molar-refractivity contribution in [3.8, 4) is 0 Å². The highest BCUT2D eigenvalue weighted by atomic mass is 16.5. The molecule has 0 aromatic heterocycles. The van der Waals surface area contributed by atoms with Crippen LogP contribution >= 0.6 is 0 Å². The van der Waals surface area contributed by atoms with Crippen LogP contribution in [0.1, 0.15) is 0 Å². The van der Waals surface area contributed by atoms with Crippen LogP contribution in [0.15, 0.2) is 0 Å². The zero-order chi connectivity index (χ0) is 12.3. The summed E-state index contributed by atoms with van der Waals surface area (Å²) in [4.78, 5) is 37.3. The number of hydrogen-bond acceptors (Lipinski definition) is 5. The minimum absolute atomic E-state index is 0.124. The second kappa shape index (κ2) is 5.24. The average Bonchev–Trinajstić information content (AvgIpc) is 2.35. The standard InChI is InChI=1S/C10H15N3O4/c14-8(12-3-1-11-2-4-12)5-13-9(15)6-17-7-10(13)16/h11H,1-7H2. The molecule has 0 aromatic carbocycles. The number of nitrogens with one attached hydrogen (secondary N) is 1. The first-order valence-corrected chi connectivity index (χ1v) is 5.58. The van der Waals surface area contributed by atoms with Gasteiger partial charge in [-0.15, -0.1) is 0 Å². The van der Waals surface area contributed by atoms with Crippen LogP contribution in [0.3, 0.4) is 0 Å². The van der Waals surface area contributed by atoms with E-state index < -0.39 is 11.8 Å². The van der Waals surface area contributed by atoms with Crippen LogP contribution in [0.5, 0.6) is 0 Å². The lowest BCUT2D eigenvalue weighted by atomic mass is 10.3. The van der Waals surface area contributed by atoms with Crippen molar-refractivity contribution < 1.29 is 19.1 Å². The Balaban J connectivity index is 1.92. The average molecular weight is 241 g/mol. The number of carbonyl (C=O) groups excluding carboxylic acids is 3. The molecule has 1 N–H and O–H groups in total. The van der Waals surface area contributed by atoms with E-state index in [-0.39, 0.29) is 25.7 Å². The van der Waals surface area contributed by atoms with Gasteiger partial charge in [0.05, 0.1) is 0 Å². The molecule has 94 valence electrons. The summed E-state index contributed by atoms with van der Waals surface area (Å²) in [5.41, 5.74) is 0. The Bertz CT molecular complexity index is 322. The molecule has 0 radical (unpaired) electrons. The monoisotopic (exact) mass is 241 g/mol. The van der Waals surface area contributed by atoms with Gasteiger partial charge in [0.2, 0.25) is 5.91 Å². The molecule has 0 spiro atoms. The predicted molar refractivity (Wildman–Crippen MR) is 57.0 cm³/mol. The number of hydrogen-bond donors (Lipinski definition) is 1. The van der Waals surface area contributed by atoms with E-state index in [1.807, 2.05) is 0 Å². The smallest absolute Gasteiger partial charge is 0.255 e. The summed E-state index contributed by atoms with van der Waals surface area (Å²) in [6, 6.07) is 0. The van der Waals surface area contributed by atoms with E-state index in [9.17, 15) is 14.4 Å². The first-order chi connectivity index (χ1) is 8.18. The van der Waals surface area contributed by atoms with Gasteiger partial charge in [-0.3, -0.25) is 19.3 Å². The van der Waals surface area contributed by atoms with Crippen molar-refractivity contribution in [1.29, 1.82) is 0 Å². The van der Waals surface area contributed by atoms with Crippen LogP contribution in [-0.2, 0) is 19.1 Å². The molecule has 17 heavy (non-hydrogen) atoms. The van der Waals surface area contributed by atoms with Crippen LogP contribution in [0, 0.1) is 0 Å². The Morgan fingerprint density at radius 1 is 1.18 bits per heavy atom. The van der Waals surface area contributed by atoms with E-state index in [1.165, 1.54) is 0 Å². The number of nitrogens with zero attached hydrogens (tertiary/aromatic N) is 2. The number of imide groups is 1. The molecule has 2 aliphatic heterocycles. The fourth-order valence-electron chi connectivity index (χ4n) is 1.85. The number of carbonyl (C=O) groups is 3. The van der Waals surface area contributed by atoms with Crippen LogP contribution in [-0.4, -0.2) is 73.5 Å². The second-order valence-electron chi connectivity index (χ2n) is 4.00. The normalized spacial score (nSPS) is 21.9. The third-order valence-electron chi connectivity index (χ3n) is 2.82. The number of rotatable bonds is 2. The van der Waals surface area contributed by atoms with Crippen molar-refractivity contribution in [3.63, 3.8) is 0 Å². The lowest BCUT2D eigenvalue weighted by Gasteiger charge is -2.30. The third-order valence-corrected chi connectivity index (χ3v) is 2.82. The quantitative estimate of drug-likeness (QED) is 0.555. The topological polar surface area (TPSA) is 79.0 Å². The zero-order valence-corrected chi connectivity index (χ0v) is 9.48. The molecule has 0 bridgehead atoms. The molecule has 7 nitrogen and oxygen atoms in total. The van der Waals surface area contributed by atoms with Crippen molar-refractivity contribution in [2.75, 3.05) is 45.9 Å². The van der Waals surface area contributed by atoms with Gasteiger partial charge in [-0.1, -0.05) is 0 Å². The first-order valence-electron chi connectivity index (χ1n) is 5.58. The maximum atomic E-state index is 11.9. The van der Waals surface area contributed by atoms with Gasteiger partial charge < -0.3 is 15.0 Å². The fraction of sp³-hybridized carbons (Fsp3) is 0.700. The molecule has 0 aromatic rings. The minimum Gasteiger partial charge on any atom is -0.362 e. The molecule has 0 unspecified atom stereocenters. The number of piperazine rings is 1. The van der Waals surface area contributed by atoms with E-state index in [4.69, 9.17) is 4.74 Å². The van der Waals surface area contributed by atoms with Gasteiger partial charge in [0.15, 0.2) is 0 Å². The number of morpholine rings is 1.